The number of nitro groups is 1. The Morgan fingerprint density at radius 1 is 1.26 bits per heavy atom. The van der Waals surface area contributed by atoms with Gasteiger partial charge in [-0.05, 0) is 48.5 Å². The average Bonchev–Trinajstić information content (AvgIpc) is 3.26. The van der Waals surface area contributed by atoms with Crippen molar-refractivity contribution in [1.82, 2.24) is 4.90 Å². The molecule has 1 saturated heterocycles. The van der Waals surface area contributed by atoms with Crippen molar-refractivity contribution < 1.29 is 28.8 Å². The maximum absolute atomic E-state index is 12.7. The molecule has 0 spiro atoms. The van der Waals surface area contributed by atoms with E-state index in [1.165, 1.54) is 18.2 Å². The first kappa shape index (κ1) is 20.4. The molecular weight excluding hydrogens is 426 g/mol. The second-order valence-corrected chi connectivity index (χ2v) is 7.70. The number of nitrogens with zero attached hydrogens (tertiary/aromatic N) is 2. The van der Waals surface area contributed by atoms with E-state index in [0.29, 0.717) is 23.2 Å². The topological polar surface area (TPSA) is 128 Å². The van der Waals surface area contributed by atoms with E-state index in [-0.39, 0.29) is 28.7 Å². The van der Waals surface area contributed by atoms with Crippen molar-refractivity contribution in [3.63, 3.8) is 0 Å². The highest BCUT2D eigenvalue weighted by molar-refractivity contribution is 8.18. The summed E-state index contributed by atoms with van der Waals surface area (Å²) in [5.74, 6) is -0.719. The number of imide groups is 1. The predicted octanol–water partition coefficient (Wildman–Crippen LogP) is 3.31. The third kappa shape index (κ3) is 4.21. The third-order valence-electron chi connectivity index (χ3n) is 4.48. The van der Waals surface area contributed by atoms with Crippen molar-refractivity contribution in [2.75, 3.05) is 18.7 Å². The quantitative estimate of drug-likeness (QED) is 0.425. The van der Waals surface area contributed by atoms with E-state index in [0.717, 1.165) is 10.5 Å². The molecule has 158 valence electrons. The van der Waals surface area contributed by atoms with Gasteiger partial charge in [0, 0.05) is 5.69 Å². The van der Waals surface area contributed by atoms with Gasteiger partial charge in [0.15, 0.2) is 11.5 Å². The van der Waals surface area contributed by atoms with Crippen LogP contribution in [0.5, 0.6) is 11.5 Å². The summed E-state index contributed by atoms with van der Waals surface area (Å²) in [6, 6.07) is 9.66. The van der Waals surface area contributed by atoms with Gasteiger partial charge in [-0.2, -0.15) is 0 Å². The number of hydrogen-bond donors (Lipinski definition) is 1. The van der Waals surface area contributed by atoms with Gasteiger partial charge in [-0.3, -0.25) is 29.4 Å². The van der Waals surface area contributed by atoms with Crippen molar-refractivity contribution in [3.8, 4) is 11.5 Å². The highest BCUT2D eigenvalue weighted by Gasteiger charge is 2.37. The summed E-state index contributed by atoms with van der Waals surface area (Å²) < 4.78 is 10.4. The van der Waals surface area contributed by atoms with E-state index in [1.54, 1.807) is 18.2 Å². The van der Waals surface area contributed by atoms with Gasteiger partial charge in [-0.25, -0.2) is 0 Å². The largest absolute Gasteiger partial charge is 0.454 e. The minimum Gasteiger partial charge on any atom is -0.454 e. The fourth-order valence-corrected chi connectivity index (χ4v) is 3.89. The molecule has 3 amide bonds. The van der Waals surface area contributed by atoms with Crippen molar-refractivity contribution in [1.29, 1.82) is 0 Å². The molecule has 0 aromatic heterocycles. The van der Waals surface area contributed by atoms with Gasteiger partial charge in [0.25, 0.3) is 16.8 Å². The first-order chi connectivity index (χ1) is 14.8. The zero-order valence-corrected chi connectivity index (χ0v) is 16.9. The molecule has 2 aliphatic heterocycles. The summed E-state index contributed by atoms with van der Waals surface area (Å²) in [5.41, 5.74) is 1.28. The van der Waals surface area contributed by atoms with Gasteiger partial charge < -0.3 is 14.8 Å². The van der Waals surface area contributed by atoms with Crippen LogP contribution < -0.4 is 14.8 Å². The van der Waals surface area contributed by atoms with Crippen LogP contribution in [0.15, 0.2) is 41.3 Å². The number of thioether (sulfide) groups is 1. The Balaban J connectivity index is 1.54. The normalized spacial score (nSPS) is 16.2. The van der Waals surface area contributed by atoms with Gasteiger partial charge in [-0.1, -0.05) is 12.1 Å². The summed E-state index contributed by atoms with van der Waals surface area (Å²) in [4.78, 5) is 48.8. The zero-order chi connectivity index (χ0) is 22.1. The van der Waals surface area contributed by atoms with E-state index in [4.69, 9.17) is 9.47 Å². The number of amides is 3. The summed E-state index contributed by atoms with van der Waals surface area (Å²) >= 11 is 0.605. The molecule has 4 rings (SSSR count). The Labute approximate surface area is 180 Å². The summed E-state index contributed by atoms with van der Waals surface area (Å²) in [6.45, 7) is 1.33. The van der Waals surface area contributed by atoms with Crippen LogP contribution in [0.2, 0.25) is 0 Å². The molecule has 2 heterocycles. The first-order valence-corrected chi connectivity index (χ1v) is 9.83. The van der Waals surface area contributed by atoms with Crippen LogP contribution in [0.4, 0.5) is 16.2 Å². The Kier molecular flexibility index (Phi) is 5.34. The number of aryl methyl sites for hydroxylation is 1. The van der Waals surface area contributed by atoms with Crippen molar-refractivity contribution in [2.45, 2.75) is 6.92 Å². The highest BCUT2D eigenvalue weighted by atomic mass is 32.2. The number of benzene rings is 2. The molecule has 0 bridgehead atoms. The van der Waals surface area contributed by atoms with Gasteiger partial charge in [0.1, 0.15) is 6.54 Å². The molecule has 11 heteroatoms. The van der Waals surface area contributed by atoms with Crippen molar-refractivity contribution >= 4 is 46.3 Å². The number of carbonyl (C=O) groups excluding carboxylic acids is 3. The number of nitrogens with one attached hydrogen (secondary N) is 1. The van der Waals surface area contributed by atoms with Crippen molar-refractivity contribution in [2.24, 2.45) is 0 Å². The summed E-state index contributed by atoms with van der Waals surface area (Å²) in [5, 5.41) is 13.4. The van der Waals surface area contributed by atoms with E-state index in [2.05, 4.69) is 5.32 Å². The second kappa shape index (κ2) is 8.11. The molecule has 1 fully saturated rings. The average molecular weight is 441 g/mol. The van der Waals surface area contributed by atoms with Crippen LogP contribution in [-0.4, -0.2) is 40.2 Å². The van der Waals surface area contributed by atoms with Crippen LogP contribution in [-0.2, 0) is 9.59 Å². The maximum Gasteiger partial charge on any atom is 0.294 e. The van der Waals surface area contributed by atoms with Crippen LogP contribution in [0, 0.1) is 17.0 Å². The van der Waals surface area contributed by atoms with E-state index in [1.807, 2.05) is 13.0 Å². The molecule has 31 heavy (non-hydrogen) atoms. The molecule has 0 aliphatic carbocycles. The van der Waals surface area contributed by atoms with Crippen LogP contribution in [0.1, 0.15) is 11.1 Å². The van der Waals surface area contributed by atoms with Gasteiger partial charge in [0.05, 0.1) is 21.5 Å². The number of nitro benzene ring substituents is 1. The van der Waals surface area contributed by atoms with Gasteiger partial charge in [-0.15, -0.1) is 0 Å². The number of ether oxygens (including phenoxy) is 2. The molecule has 0 radical (unpaired) electrons. The van der Waals surface area contributed by atoms with E-state index < -0.39 is 28.5 Å². The zero-order valence-electron chi connectivity index (χ0n) is 16.1. The van der Waals surface area contributed by atoms with E-state index in [9.17, 15) is 24.5 Å². The Bertz CT molecular complexity index is 1160. The second-order valence-electron chi connectivity index (χ2n) is 6.71. The summed E-state index contributed by atoms with van der Waals surface area (Å²) in [6.07, 6.45) is 1.24. The SMILES string of the molecule is Cc1cccc(NC(=O)CN2C(=O)S/C(=C\c3cc4c(cc3[N+](=O)[O-])OCO4)C2=O)c1. The third-order valence-corrected chi connectivity index (χ3v) is 5.39. The van der Waals surface area contributed by atoms with Crippen LogP contribution in [0.3, 0.4) is 0 Å². The van der Waals surface area contributed by atoms with E-state index >= 15 is 0 Å². The molecule has 0 unspecified atom stereocenters. The molecular formula is C20H15N3O7S. The molecule has 1 N–H and O–H groups in total. The number of rotatable bonds is 5. The molecule has 2 aromatic carbocycles. The fourth-order valence-electron chi connectivity index (χ4n) is 3.07. The highest BCUT2D eigenvalue weighted by Crippen LogP contribution is 2.40. The molecule has 2 aromatic rings. The fraction of sp³-hybridized carbons (Fsp3) is 0.150. The maximum atomic E-state index is 12.7. The van der Waals surface area contributed by atoms with Crippen molar-refractivity contribution in [3.05, 3.63) is 62.5 Å². The molecule has 0 atom stereocenters. The first-order valence-electron chi connectivity index (χ1n) is 9.02. The lowest BCUT2D eigenvalue weighted by atomic mass is 10.1. The molecule has 2 aliphatic rings. The lowest BCUT2D eigenvalue weighted by Crippen LogP contribution is -2.36. The lowest BCUT2D eigenvalue weighted by Gasteiger charge is -2.12. The summed E-state index contributed by atoms with van der Waals surface area (Å²) in [7, 11) is 0. The Morgan fingerprint density at radius 3 is 2.71 bits per heavy atom. The molecule has 0 saturated carbocycles. The molecule has 10 nitrogen and oxygen atoms in total. The number of anilines is 1. The van der Waals surface area contributed by atoms with Gasteiger partial charge >= 0.3 is 0 Å². The number of hydrogen-bond acceptors (Lipinski definition) is 8. The van der Waals surface area contributed by atoms with Gasteiger partial charge in [0.2, 0.25) is 12.7 Å². The van der Waals surface area contributed by atoms with Crippen LogP contribution >= 0.6 is 11.8 Å². The number of carbonyl (C=O) groups is 3. The minimum atomic E-state index is -0.707. The monoisotopic (exact) mass is 441 g/mol. The number of fused-ring (bicyclic) bond motifs is 1. The lowest BCUT2D eigenvalue weighted by molar-refractivity contribution is -0.385. The Hall–Kier alpha value is -3.86. The van der Waals surface area contributed by atoms with Crippen LogP contribution in [0.25, 0.3) is 6.08 Å². The predicted molar refractivity (Wildman–Crippen MR) is 112 cm³/mol. The smallest absolute Gasteiger partial charge is 0.294 e. The minimum absolute atomic E-state index is 0.0321. The standard InChI is InChI=1S/C20H15N3O7S/c1-11-3-2-4-13(5-11)21-18(24)9-22-19(25)17(31-20(22)26)7-12-6-15-16(30-10-29-15)8-14(12)23(27)28/h2-8H,9-10H2,1H3,(H,21,24)/b17-7-. The Morgan fingerprint density at radius 2 is 2.00 bits per heavy atom.